The van der Waals surface area contributed by atoms with E-state index < -0.39 is 0 Å². The zero-order chi connectivity index (χ0) is 9.84. The zero-order valence-corrected chi connectivity index (χ0v) is 7.88. The van der Waals surface area contributed by atoms with Crippen LogP contribution in [0.1, 0.15) is 24.7 Å². The Hall–Kier alpha value is -1.57. The largest absolute Gasteiger partial charge is 0.397 e. The van der Waals surface area contributed by atoms with Crippen LogP contribution in [0.4, 0.5) is 5.69 Å². The predicted molar refractivity (Wildman–Crippen MR) is 58.1 cm³/mol. The van der Waals surface area contributed by atoms with Crippen molar-refractivity contribution >= 4 is 17.3 Å². The van der Waals surface area contributed by atoms with Crippen LogP contribution in [0, 0.1) is 0 Å². The van der Waals surface area contributed by atoms with Gasteiger partial charge in [-0.3, -0.25) is 0 Å². The molecule has 68 valence electrons. The summed E-state index contributed by atoms with van der Waals surface area (Å²) in [4.78, 5) is 4.32. The zero-order valence-electron chi connectivity index (χ0n) is 7.88. The van der Waals surface area contributed by atoms with Crippen LogP contribution in [0.15, 0.2) is 25.3 Å². The summed E-state index contributed by atoms with van der Waals surface area (Å²) in [6, 6.07) is 3.68. The van der Waals surface area contributed by atoms with Crippen molar-refractivity contribution in [2.24, 2.45) is 0 Å². The smallest absolute Gasteiger partial charge is 0.0892 e. The van der Waals surface area contributed by atoms with Crippen LogP contribution in [0.2, 0.25) is 0 Å². The Balaban J connectivity index is 3.18. The van der Waals surface area contributed by atoms with E-state index in [1.807, 2.05) is 19.1 Å². The van der Waals surface area contributed by atoms with Crippen LogP contribution in [0.25, 0.3) is 11.6 Å². The lowest BCUT2D eigenvalue weighted by Gasteiger charge is -2.06. The molecule has 2 N–H and O–H groups in total. The highest BCUT2D eigenvalue weighted by atomic mass is 14.8. The fourth-order valence-corrected chi connectivity index (χ4v) is 1.05. The van der Waals surface area contributed by atoms with E-state index >= 15 is 0 Å². The van der Waals surface area contributed by atoms with Gasteiger partial charge in [0.1, 0.15) is 0 Å². The van der Waals surface area contributed by atoms with Gasteiger partial charge in [-0.15, -0.1) is 0 Å². The first-order valence-corrected chi connectivity index (χ1v) is 4.26. The fourth-order valence-electron chi connectivity index (χ4n) is 1.05. The molecule has 0 aliphatic carbocycles. The van der Waals surface area contributed by atoms with Crippen molar-refractivity contribution in [3.8, 4) is 0 Å². The number of allylic oxidation sites excluding steroid dienone is 1. The molecule has 0 saturated heterocycles. The number of hydrogen-bond acceptors (Lipinski definition) is 2. The molecular weight excluding hydrogens is 160 g/mol. The van der Waals surface area contributed by atoms with Crippen molar-refractivity contribution in [2.75, 3.05) is 5.73 Å². The molecule has 1 aromatic rings. The minimum atomic E-state index is 0.678. The second-order valence-corrected chi connectivity index (χ2v) is 2.84. The van der Waals surface area contributed by atoms with Crippen molar-refractivity contribution < 1.29 is 0 Å². The van der Waals surface area contributed by atoms with E-state index in [0.717, 1.165) is 23.4 Å². The van der Waals surface area contributed by atoms with Crippen LogP contribution in [-0.4, -0.2) is 4.98 Å². The maximum Gasteiger partial charge on any atom is 0.0892 e. The van der Waals surface area contributed by atoms with E-state index in [1.54, 1.807) is 6.08 Å². The molecule has 0 radical (unpaired) electrons. The van der Waals surface area contributed by atoms with Gasteiger partial charge < -0.3 is 5.73 Å². The molecule has 0 aromatic carbocycles. The van der Waals surface area contributed by atoms with E-state index in [2.05, 4.69) is 18.1 Å². The lowest BCUT2D eigenvalue weighted by atomic mass is 10.1. The molecule has 1 aromatic heterocycles. The third-order valence-corrected chi connectivity index (χ3v) is 1.92. The summed E-state index contributed by atoms with van der Waals surface area (Å²) < 4.78 is 0. The molecule has 2 heteroatoms. The van der Waals surface area contributed by atoms with E-state index in [9.17, 15) is 0 Å². The molecule has 0 spiro atoms. The Morgan fingerprint density at radius 1 is 1.62 bits per heavy atom. The minimum Gasteiger partial charge on any atom is -0.397 e. The number of rotatable bonds is 3. The molecule has 0 saturated carbocycles. The lowest BCUT2D eigenvalue weighted by Crippen LogP contribution is -1.97. The van der Waals surface area contributed by atoms with Crippen molar-refractivity contribution in [3.63, 3.8) is 0 Å². The normalized spacial score (nSPS) is 9.62. The van der Waals surface area contributed by atoms with Gasteiger partial charge in [0.2, 0.25) is 0 Å². The summed E-state index contributed by atoms with van der Waals surface area (Å²) in [5.74, 6) is 0. The minimum absolute atomic E-state index is 0.678. The number of nitrogens with zero attached hydrogens (tertiary/aromatic N) is 1. The molecule has 0 aliphatic rings. The van der Waals surface area contributed by atoms with Crippen LogP contribution in [-0.2, 0) is 0 Å². The second-order valence-electron chi connectivity index (χ2n) is 2.84. The summed E-state index contributed by atoms with van der Waals surface area (Å²) in [6.45, 7) is 9.59. The molecular formula is C11H14N2. The third kappa shape index (κ3) is 1.96. The van der Waals surface area contributed by atoms with Gasteiger partial charge in [0, 0.05) is 0 Å². The first-order valence-electron chi connectivity index (χ1n) is 4.26. The highest BCUT2D eigenvalue weighted by Gasteiger charge is 2.03. The first-order chi connectivity index (χ1) is 6.19. The standard InChI is InChI=1S/C11H14N2/c1-4-8(3)11-10(12)7-6-9(5-2)13-11/h5-7H,2-4,12H2,1H3. The van der Waals surface area contributed by atoms with Gasteiger partial charge in [-0.05, 0) is 30.2 Å². The summed E-state index contributed by atoms with van der Waals surface area (Å²) in [7, 11) is 0. The Labute approximate surface area is 78.8 Å². The molecule has 0 bridgehead atoms. The molecule has 13 heavy (non-hydrogen) atoms. The Morgan fingerprint density at radius 2 is 2.31 bits per heavy atom. The van der Waals surface area contributed by atoms with Crippen LogP contribution >= 0.6 is 0 Å². The lowest BCUT2D eigenvalue weighted by molar-refractivity contribution is 1.17. The van der Waals surface area contributed by atoms with Gasteiger partial charge in [0.25, 0.3) is 0 Å². The topological polar surface area (TPSA) is 38.9 Å². The van der Waals surface area contributed by atoms with Crippen LogP contribution in [0.3, 0.4) is 0 Å². The van der Waals surface area contributed by atoms with Gasteiger partial charge in [-0.25, -0.2) is 4.98 Å². The maximum absolute atomic E-state index is 5.76. The highest BCUT2D eigenvalue weighted by molar-refractivity contribution is 5.71. The van der Waals surface area contributed by atoms with Crippen molar-refractivity contribution in [1.82, 2.24) is 4.98 Å². The van der Waals surface area contributed by atoms with E-state index in [-0.39, 0.29) is 0 Å². The molecule has 1 heterocycles. The molecule has 0 aliphatic heterocycles. The van der Waals surface area contributed by atoms with Crippen molar-refractivity contribution in [3.05, 3.63) is 36.7 Å². The monoisotopic (exact) mass is 174 g/mol. The molecule has 0 amide bonds. The number of aromatic nitrogens is 1. The quantitative estimate of drug-likeness (QED) is 0.765. The Morgan fingerprint density at radius 3 is 2.85 bits per heavy atom. The van der Waals surface area contributed by atoms with Gasteiger partial charge in [0.15, 0.2) is 0 Å². The number of hydrogen-bond donors (Lipinski definition) is 1. The van der Waals surface area contributed by atoms with Crippen LogP contribution in [0.5, 0.6) is 0 Å². The Kier molecular flexibility index (Phi) is 2.85. The average Bonchev–Trinajstić information content (AvgIpc) is 2.17. The molecule has 2 nitrogen and oxygen atoms in total. The summed E-state index contributed by atoms with van der Waals surface area (Å²) >= 11 is 0. The first kappa shape index (κ1) is 9.52. The van der Waals surface area contributed by atoms with E-state index in [1.165, 1.54) is 0 Å². The van der Waals surface area contributed by atoms with Crippen molar-refractivity contribution in [2.45, 2.75) is 13.3 Å². The summed E-state index contributed by atoms with van der Waals surface area (Å²) in [5, 5.41) is 0. The van der Waals surface area contributed by atoms with Gasteiger partial charge in [-0.1, -0.05) is 20.1 Å². The predicted octanol–water partition coefficient (Wildman–Crippen LogP) is 2.73. The third-order valence-electron chi connectivity index (χ3n) is 1.92. The maximum atomic E-state index is 5.76. The molecule has 0 fully saturated rings. The molecule has 0 unspecified atom stereocenters. The van der Waals surface area contributed by atoms with E-state index in [4.69, 9.17) is 5.73 Å². The number of anilines is 1. The summed E-state index contributed by atoms with van der Waals surface area (Å²) in [5.41, 5.74) is 9.02. The second kappa shape index (κ2) is 3.90. The molecule has 1 rings (SSSR count). The van der Waals surface area contributed by atoms with Gasteiger partial charge >= 0.3 is 0 Å². The van der Waals surface area contributed by atoms with Crippen molar-refractivity contribution in [1.29, 1.82) is 0 Å². The summed E-state index contributed by atoms with van der Waals surface area (Å²) in [6.07, 6.45) is 2.56. The van der Waals surface area contributed by atoms with Crippen LogP contribution < -0.4 is 5.73 Å². The number of nitrogens with two attached hydrogens (primary N) is 1. The SMILES string of the molecule is C=Cc1ccc(N)c(C(=C)CC)n1. The van der Waals surface area contributed by atoms with Gasteiger partial charge in [0.05, 0.1) is 17.1 Å². The molecule has 0 atom stereocenters. The Bertz CT molecular complexity index is 340. The van der Waals surface area contributed by atoms with E-state index in [0.29, 0.717) is 5.69 Å². The number of nitrogen functional groups attached to an aromatic ring is 1. The fraction of sp³-hybridized carbons (Fsp3) is 0.182. The number of pyridine rings is 1. The average molecular weight is 174 g/mol. The van der Waals surface area contributed by atoms with Gasteiger partial charge in [-0.2, -0.15) is 0 Å². The highest BCUT2D eigenvalue weighted by Crippen LogP contribution is 2.20.